The van der Waals surface area contributed by atoms with E-state index in [4.69, 9.17) is 21.4 Å². The normalized spacial score (nSPS) is 17.2. The van der Waals surface area contributed by atoms with E-state index in [0.29, 0.717) is 0 Å². The van der Waals surface area contributed by atoms with Gasteiger partial charge in [-0.2, -0.15) is 0 Å². The molecule has 0 saturated carbocycles. The first-order valence-corrected chi connectivity index (χ1v) is 8.21. The number of halogens is 1. The molecule has 24 heavy (non-hydrogen) atoms. The number of carboxylic acids is 1. The molecule has 2 rings (SSSR count). The first-order chi connectivity index (χ1) is 11.2. The van der Waals surface area contributed by atoms with Crippen molar-refractivity contribution in [1.29, 1.82) is 0 Å². The van der Waals surface area contributed by atoms with E-state index in [9.17, 15) is 9.59 Å². The number of carboxylic acid groups (broad SMARTS) is 1. The van der Waals surface area contributed by atoms with Crippen molar-refractivity contribution in [1.82, 2.24) is 0 Å². The standard InChI is InChI=1S/C19H21ClO4/c1-12-5-4-10-19(2,3)15(12)8-9-17(21)24-13-6-7-14(18(22)23)16(20)11-13/h6-9,11H,4-5,10H2,1-3H3,(H,22,23). The van der Waals surface area contributed by atoms with Gasteiger partial charge in [0.05, 0.1) is 10.6 Å². The Morgan fingerprint density at radius 2 is 2.04 bits per heavy atom. The van der Waals surface area contributed by atoms with Crippen LogP contribution < -0.4 is 4.74 Å². The molecule has 1 N–H and O–H groups in total. The van der Waals surface area contributed by atoms with Crippen LogP contribution in [0, 0.1) is 5.41 Å². The van der Waals surface area contributed by atoms with Gasteiger partial charge in [0.1, 0.15) is 5.75 Å². The number of benzene rings is 1. The van der Waals surface area contributed by atoms with Crippen LogP contribution in [0.3, 0.4) is 0 Å². The van der Waals surface area contributed by atoms with E-state index in [1.165, 1.54) is 35.4 Å². The summed E-state index contributed by atoms with van der Waals surface area (Å²) in [6.07, 6.45) is 6.53. The Morgan fingerprint density at radius 3 is 2.62 bits per heavy atom. The average molecular weight is 349 g/mol. The molecular weight excluding hydrogens is 328 g/mol. The summed E-state index contributed by atoms with van der Waals surface area (Å²) >= 11 is 5.87. The van der Waals surface area contributed by atoms with Crippen LogP contribution in [0.4, 0.5) is 0 Å². The molecule has 0 atom stereocenters. The van der Waals surface area contributed by atoms with Crippen molar-refractivity contribution < 1.29 is 19.4 Å². The number of carbonyl (C=O) groups is 2. The number of ether oxygens (including phenoxy) is 1. The van der Waals surface area contributed by atoms with Crippen LogP contribution >= 0.6 is 11.6 Å². The molecular formula is C19H21ClO4. The van der Waals surface area contributed by atoms with Crippen molar-refractivity contribution in [2.75, 3.05) is 0 Å². The predicted molar refractivity (Wildman–Crippen MR) is 93.5 cm³/mol. The lowest BCUT2D eigenvalue weighted by molar-refractivity contribution is -0.129. The minimum Gasteiger partial charge on any atom is -0.478 e. The van der Waals surface area contributed by atoms with Crippen molar-refractivity contribution in [3.05, 3.63) is 52.1 Å². The highest BCUT2D eigenvalue weighted by Crippen LogP contribution is 2.40. The maximum absolute atomic E-state index is 12.0. The molecule has 1 aliphatic carbocycles. The van der Waals surface area contributed by atoms with Crippen molar-refractivity contribution in [3.8, 4) is 5.75 Å². The van der Waals surface area contributed by atoms with E-state index in [1.54, 1.807) is 0 Å². The van der Waals surface area contributed by atoms with Gasteiger partial charge in [-0.15, -0.1) is 0 Å². The van der Waals surface area contributed by atoms with Crippen LogP contribution in [0.5, 0.6) is 5.75 Å². The Hall–Kier alpha value is -2.07. The maximum atomic E-state index is 12.0. The van der Waals surface area contributed by atoms with Gasteiger partial charge >= 0.3 is 11.9 Å². The van der Waals surface area contributed by atoms with Crippen LogP contribution in [-0.4, -0.2) is 17.0 Å². The molecule has 5 heteroatoms. The lowest BCUT2D eigenvalue weighted by Gasteiger charge is -2.32. The molecule has 128 valence electrons. The highest BCUT2D eigenvalue weighted by Gasteiger charge is 2.26. The number of hydrogen-bond donors (Lipinski definition) is 1. The van der Waals surface area contributed by atoms with Crippen molar-refractivity contribution in [2.24, 2.45) is 5.41 Å². The van der Waals surface area contributed by atoms with Crippen molar-refractivity contribution in [3.63, 3.8) is 0 Å². The van der Waals surface area contributed by atoms with Gasteiger partial charge in [-0.3, -0.25) is 0 Å². The van der Waals surface area contributed by atoms with Crippen LogP contribution in [0.2, 0.25) is 5.02 Å². The Labute approximate surface area is 146 Å². The number of hydrogen-bond acceptors (Lipinski definition) is 3. The van der Waals surface area contributed by atoms with Crippen molar-refractivity contribution >= 4 is 23.5 Å². The largest absolute Gasteiger partial charge is 0.478 e. The number of esters is 1. The molecule has 4 nitrogen and oxygen atoms in total. The summed E-state index contributed by atoms with van der Waals surface area (Å²) in [4.78, 5) is 22.9. The zero-order valence-electron chi connectivity index (χ0n) is 14.1. The lowest BCUT2D eigenvalue weighted by Crippen LogP contribution is -2.19. The number of aromatic carboxylic acids is 1. The SMILES string of the molecule is CC1=C(C=CC(=O)Oc2ccc(C(=O)O)c(Cl)c2)C(C)(C)CCC1. The molecule has 0 bridgehead atoms. The topological polar surface area (TPSA) is 63.6 Å². The zero-order chi connectivity index (χ0) is 17.9. The smallest absolute Gasteiger partial charge is 0.337 e. The van der Waals surface area contributed by atoms with E-state index in [1.807, 2.05) is 6.08 Å². The Kier molecular flexibility index (Phi) is 5.50. The first-order valence-electron chi connectivity index (χ1n) is 7.83. The number of rotatable bonds is 4. The molecule has 0 heterocycles. The third-order valence-electron chi connectivity index (χ3n) is 4.32. The van der Waals surface area contributed by atoms with Crippen LogP contribution in [-0.2, 0) is 4.79 Å². The zero-order valence-corrected chi connectivity index (χ0v) is 14.8. The quantitative estimate of drug-likeness (QED) is 0.471. The van der Waals surface area contributed by atoms with E-state index in [0.717, 1.165) is 19.3 Å². The molecule has 0 saturated heterocycles. The summed E-state index contributed by atoms with van der Waals surface area (Å²) in [7, 11) is 0. The Morgan fingerprint density at radius 1 is 1.33 bits per heavy atom. The third-order valence-corrected chi connectivity index (χ3v) is 4.63. The van der Waals surface area contributed by atoms with Gasteiger partial charge in [-0.1, -0.05) is 37.1 Å². The van der Waals surface area contributed by atoms with Gasteiger partial charge in [-0.05, 0) is 49.3 Å². The van der Waals surface area contributed by atoms with Crippen LogP contribution in [0.25, 0.3) is 0 Å². The highest BCUT2D eigenvalue weighted by atomic mass is 35.5. The second-order valence-electron chi connectivity index (χ2n) is 6.63. The van der Waals surface area contributed by atoms with Gasteiger partial charge in [0.15, 0.2) is 0 Å². The number of allylic oxidation sites excluding steroid dienone is 3. The van der Waals surface area contributed by atoms with Crippen LogP contribution in [0.1, 0.15) is 50.4 Å². The summed E-state index contributed by atoms with van der Waals surface area (Å²) < 4.78 is 5.20. The van der Waals surface area contributed by atoms with E-state index >= 15 is 0 Å². The molecule has 1 aromatic rings. The highest BCUT2D eigenvalue weighted by molar-refractivity contribution is 6.33. The Balaban J connectivity index is 2.11. The summed E-state index contributed by atoms with van der Waals surface area (Å²) in [5, 5.41) is 8.96. The first kappa shape index (κ1) is 18.3. The van der Waals surface area contributed by atoms with Gasteiger partial charge in [0.25, 0.3) is 0 Å². The van der Waals surface area contributed by atoms with E-state index in [2.05, 4.69) is 20.8 Å². The van der Waals surface area contributed by atoms with Gasteiger partial charge in [0.2, 0.25) is 0 Å². The molecule has 1 aliphatic rings. The molecule has 1 aromatic carbocycles. The minimum absolute atomic E-state index is 0.0308. The molecule has 0 aromatic heterocycles. The average Bonchev–Trinajstić information content (AvgIpc) is 2.45. The predicted octanol–water partition coefficient (Wildman–Crippen LogP) is 5.03. The fourth-order valence-corrected chi connectivity index (χ4v) is 3.30. The fourth-order valence-electron chi connectivity index (χ4n) is 3.04. The van der Waals surface area contributed by atoms with Gasteiger partial charge in [0, 0.05) is 12.1 Å². The summed E-state index contributed by atoms with van der Waals surface area (Å²) in [6.45, 7) is 6.44. The van der Waals surface area contributed by atoms with Gasteiger partial charge < -0.3 is 9.84 Å². The van der Waals surface area contributed by atoms with Gasteiger partial charge in [-0.25, -0.2) is 9.59 Å². The van der Waals surface area contributed by atoms with E-state index in [-0.39, 0.29) is 21.8 Å². The minimum atomic E-state index is -1.13. The molecule has 0 radical (unpaired) electrons. The monoisotopic (exact) mass is 348 g/mol. The molecule has 0 aliphatic heterocycles. The Bertz CT molecular complexity index is 729. The summed E-state index contributed by atoms with van der Waals surface area (Å²) in [5.74, 6) is -1.43. The fraction of sp³-hybridized carbons (Fsp3) is 0.368. The second kappa shape index (κ2) is 7.22. The summed E-state index contributed by atoms with van der Waals surface area (Å²) in [6, 6.07) is 4.05. The third kappa shape index (κ3) is 4.26. The summed E-state index contributed by atoms with van der Waals surface area (Å²) in [5.41, 5.74) is 2.48. The van der Waals surface area contributed by atoms with Crippen molar-refractivity contribution in [2.45, 2.75) is 40.0 Å². The lowest BCUT2D eigenvalue weighted by atomic mass is 9.73. The molecule has 0 fully saturated rings. The molecule has 0 amide bonds. The molecule has 0 unspecified atom stereocenters. The van der Waals surface area contributed by atoms with E-state index < -0.39 is 11.9 Å². The second-order valence-corrected chi connectivity index (χ2v) is 7.04. The molecule has 0 spiro atoms. The van der Waals surface area contributed by atoms with Crippen LogP contribution in [0.15, 0.2) is 41.5 Å². The number of carbonyl (C=O) groups excluding carboxylic acids is 1. The maximum Gasteiger partial charge on any atom is 0.337 e.